The molecule has 7 heteroatoms. The summed E-state index contributed by atoms with van der Waals surface area (Å²) in [5.74, 6) is -1.07. The van der Waals surface area contributed by atoms with E-state index in [1.165, 1.54) is 0 Å². The van der Waals surface area contributed by atoms with Crippen molar-refractivity contribution in [1.82, 2.24) is 4.57 Å². The molecule has 0 spiro atoms. The summed E-state index contributed by atoms with van der Waals surface area (Å²) in [5.41, 5.74) is 0.590. The Labute approximate surface area is 145 Å². The Hall–Kier alpha value is -2.15. The predicted molar refractivity (Wildman–Crippen MR) is 77.5 cm³/mol. The lowest BCUT2D eigenvalue weighted by Gasteiger charge is -2.16. The average molecular weight is 383 g/mol. The number of aryl methyl sites for hydroxylation is 1. The van der Waals surface area contributed by atoms with Crippen LogP contribution in [0, 0.1) is 0 Å². The predicted octanol–water partition coefficient (Wildman–Crippen LogP) is -1.84. The van der Waals surface area contributed by atoms with E-state index in [0.29, 0.717) is 5.56 Å². The Morgan fingerprint density at radius 1 is 1.26 bits per heavy atom. The molecule has 0 amide bonds. The van der Waals surface area contributed by atoms with Gasteiger partial charge in [-0.3, -0.25) is 0 Å². The second-order valence-electron chi connectivity index (χ2n) is 4.78. The Morgan fingerprint density at radius 3 is 2.52 bits per heavy atom. The fourth-order valence-corrected chi connectivity index (χ4v) is 2.01. The first kappa shape index (κ1) is 18.9. The van der Waals surface area contributed by atoms with Crippen molar-refractivity contribution in [2.75, 3.05) is 6.61 Å². The van der Waals surface area contributed by atoms with Crippen LogP contribution in [0.5, 0.6) is 0 Å². The van der Waals surface area contributed by atoms with Gasteiger partial charge in [0, 0.05) is 5.56 Å². The number of aromatic nitrogens is 2. The molecule has 0 saturated carbocycles. The standard InChI is InChI=1S/C16H19N2O4.BrH/c1-3-21-16(20)15(13-7-5-4-6-8-13)22-14(19)11-18-10-9-17(2)12-18;/h4-10,12,15H,3,11H2,1-2H3;1H/q+1;/p-1/t15-;/m0./s1. The number of hydrogen-bond donors (Lipinski definition) is 0. The third-order valence-electron chi connectivity index (χ3n) is 2.99. The lowest BCUT2D eigenvalue weighted by Crippen LogP contribution is -3.00. The summed E-state index contributed by atoms with van der Waals surface area (Å²) >= 11 is 0. The molecule has 0 bridgehead atoms. The molecule has 6 nitrogen and oxygen atoms in total. The van der Waals surface area contributed by atoms with Crippen LogP contribution in [0.2, 0.25) is 0 Å². The highest BCUT2D eigenvalue weighted by molar-refractivity contribution is 5.80. The van der Waals surface area contributed by atoms with Gasteiger partial charge >= 0.3 is 11.9 Å². The van der Waals surface area contributed by atoms with E-state index in [4.69, 9.17) is 9.47 Å². The van der Waals surface area contributed by atoms with Crippen LogP contribution in [-0.4, -0.2) is 23.1 Å². The quantitative estimate of drug-likeness (QED) is 0.435. The summed E-state index contributed by atoms with van der Waals surface area (Å²) in [4.78, 5) is 24.1. The van der Waals surface area contributed by atoms with Gasteiger partial charge in [-0.25, -0.2) is 18.7 Å². The molecule has 1 aromatic carbocycles. The van der Waals surface area contributed by atoms with Crippen molar-refractivity contribution in [2.24, 2.45) is 7.05 Å². The molecular formula is C16H19BrN2O4. The summed E-state index contributed by atoms with van der Waals surface area (Å²) in [5, 5.41) is 0. The maximum absolute atomic E-state index is 12.1. The summed E-state index contributed by atoms with van der Waals surface area (Å²) in [6.07, 6.45) is 4.28. The van der Waals surface area contributed by atoms with Crippen LogP contribution in [0.1, 0.15) is 18.6 Å². The first-order valence-corrected chi connectivity index (χ1v) is 7.02. The van der Waals surface area contributed by atoms with E-state index in [1.807, 2.05) is 23.9 Å². The molecule has 0 fully saturated rings. The number of esters is 2. The lowest BCUT2D eigenvalue weighted by atomic mass is 10.1. The number of carbonyl (C=O) groups is 2. The minimum atomic E-state index is -1.04. The second-order valence-corrected chi connectivity index (χ2v) is 4.78. The van der Waals surface area contributed by atoms with Gasteiger partial charge in [-0.05, 0) is 6.92 Å². The molecule has 0 N–H and O–H groups in total. The summed E-state index contributed by atoms with van der Waals surface area (Å²) in [6, 6.07) is 8.84. The maximum Gasteiger partial charge on any atom is 0.352 e. The normalized spacial score (nSPS) is 11.2. The van der Waals surface area contributed by atoms with E-state index >= 15 is 0 Å². The Balaban J connectivity index is 0.00000264. The number of benzene rings is 1. The minimum Gasteiger partial charge on any atom is -1.00 e. The largest absolute Gasteiger partial charge is 1.00 e. The first-order valence-electron chi connectivity index (χ1n) is 7.02. The van der Waals surface area contributed by atoms with Crippen LogP contribution in [0.3, 0.4) is 0 Å². The molecule has 1 heterocycles. The van der Waals surface area contributed by atoms with Crippen molar-refractivity contribution in [3.63, 3.8) is 0 Å². The van der Waals surface area contributed by atoms with Crippen molar-refractivity contribution in [1.29, 1.82) is 0 Å². The molecule has 0 saturated heterocycles. The molecule has 23 heavy (non-hydrogen) atoms. The molecule has 0 aliphatic rings. The molecule has 2 rings (SSSR count). The van der Waals surface area contributed by atoms with Crippen LogP contribution in [0.4, 0.5) is 0 Å². The number of halogens is 1. The highest BCUT2D eigenvalue weighted by Crippen LogP contribution is 2.19. The van der Waals surface area contributed by atoms with Gasteiger partial charge in [0.25, 0.3) is 0 Å². The lowest BCUT2D eigenvalue weighted by molar-refractivity contribution is -0.685. The van der Waals surface area contributed by atoms with Crippen LogP contribution in [-0.2, 0) is 32.7 Å². The smallest absolute Gasteiger partial charge is 0.352 e. The third-order valence-corrected chi connectivity index (χ3v) is 2.99. The van der Waals surface area contributed by atoms with Gasteiger partial charge in [-0.1, -0.05) is 30.3 Å². The fourth-order valence-electron chi connectivity index (χ4n) is 2.01. The number of carbonyl (C=O) groups excluding carboxylic acids is 2. The van der Waals surface area contributed by atoms with Crippen molar-refractivity contribution in [2.45, 2.75) is 19.6 Å². The Kier molecular flexibility index (Phi) is 7.47. The summed E-state index contributed by atoms with van der Waals surface area (Å²) in [7, 11) is 1.85. The fraction of sp³-hybridized carbons (Fsp3) is 0.312. The molecule has 124 valence electrons. The van der Waals surface area contributed by atoms with Gasteiger partial charge in [0.1, 0.15) is 12.4 Å². The molecule has 0 unspecified atom stereocenters. The van der Waals surface area contributed by atoms with Crippen LogP contribution in [0.15, 0.2) is 49.1 Å². The van der Waals surface area contributed by atoms with Crippen LogP contribution in [0.25, 0.3) is 0 Å². The number of ether oxygens (including phenoxy) is 2. The van der Waals surface area contributed by atoms with Crippen molar-refractivity contribution >= 4 is 11.9 Å². The highest BCUT2D eigenvalue weighted by Gasteiger charge is 2.27. The maximum atomic E-state index is 12.1. The Bertz CT molecular complexity index is 643. The monoisotopic (exact) mass is 382 g/mol. The van der Waals surface area contributed by atoms with E-state index < -0.39 is 18.0 Å². The SMILES string of the molecule is CCOC(=O)[C@@H](OC(=O)C[n+]1ccn(C)c1)c1ccccc1.[Br-]. The van der Waals surface area contributed by atoms with Gasteiger partial charge in [0.15, 0.2) is 6.54 Å². The van der Waals surface area contributed by atoms with E-state index in [0.717, 1.165) is 0 Å². The Morgan fingerprint density at radius 2 is 1.96 bits per heavy atom. The van der Waals surface area contributed by atoms with Crippen LogP contribution >= 0.6 is 0 Å². The summed E-state index contributed by atoms with van der Waals surface area (Å²) in [6.45, 7) is 1.97. The van der Waals surface area contributed by atoms with Gasteiger partial charge in [0.2, 0.25) is 12.4 Å². The van der Waals surface area contributed by atoms with Crippen molar-refractivity contribution in [3.05, 3.63) is 54.6 Å². The minimum absolute atomic E-state index is 0. The van der Waals surface area contributed by atoms with Gasteiger partial charge < -0.3 is 26.5 Å². The highest BCUT2D eigenvalue weighted by atomic mass is 79.9. The van der Waals surface area contributed by atoms with Gasteiger partial charge in [0.05, 0.1) is 13.7 Å². The number of hydrogen-bond acceptors (Lipinski definition) is 4. The molecule has 1 aromatic heterocycles. The first-order chi connectivity index (χ1) is 10.6. The zero-order chi connectivity index (χ0) is 15.9. The zero-order valence-electron chi connectivity index (χ0n) is 13.0. The van der Waals surface area contributed by atoms with E-state index in [9.17, 15) is 9.59 Å². The van der Waals surface area contributed by atoms with E-state index in [2.05, 4.69) is 0 Å². The topological polar surface area (TPSA) is 61.4 Å². The molecule has 0 aliphatic carbocycles. The second kappa shape index (κ2) is 9.09. The molecule has 1 atom stereocenters. The molecule has 0 radical (unpaired) electrons. The van der Waals surface area contributed by atoms with Crippen molar-refractivity contribution in [3.8, 4) is 0 Å². The average Bonchev–Trinajstić information content (AvgIpc) is 2.91. The van der Waals surface area contributed by atoms with Crippen LogP contribution < -0.4 is 21.5 Å². The van der Waals surface area contributed by atoms with Gasteiger partial charge in [-0.15, -0.1) is 0 Å². The number of nitrogens with zero attached hydrogens (tertiary/aromatic N) is 2. The molecule has 2 aromatic rings. The number of imidazole rings is 1. The van der Waals surface area contributed by atoms with E-state index in [1.54, 1.807) is 48.3 Å². The third kappa shape index (κ3) is 5.52. The number of rotatable bonds is 6. The zero-order valence-corrected chi connectivity index (χ0v) is 14.6. The van der Waals surface area contributed by atoms with Crippen molar-refractivity contribution < 1.29 is 40.6 Å². The molecular weight excluding hydrogens is 364 g/mol. The van der Waals surface area contributed by atoms with E-state index in [-0.39, 0.29) is 30.1 Å². The summed E-state index contributed by atoms with van der Waals surface area (Å²) < 4.78 is 13.8. The van der Waals surface area contributed by atoms with Gasteiger partial charge in [-0.2, -0.15) is 0 Å². The molecule has 0 aliphatic heterocycles.